The number of hydrogen-bond donors (Lipinski definition) is 0. The summed E-state index contributed by atoms with van der Waals surface area (Å²) in [4.78, 5) is 2.57. The van der Waals surface area contributed by atoms with Gasteiger partial charge in [0.2, 0.25) is 0 Å². The third-order valence-electron chi connectivity index (χ3n) is 4.40. The molecule has 0 amide bonds. The van der Waals surface area contributed by atoms with Gasteiger partial charge in [0.25, 0.3) is 0 Å². The monoisotopic (exact) mass is 181 g/mol. The van der Waals surface area contributed by atoms with E-state index in [9.17, 15) is 0 Å². The first kappa shape index (κ1) is 8.25. The van der Waals surface area contributed by atoms with Crippen LogP contribution in [-0.4, -0.2) is 36.2 Å². The standard InChI is InChI=1S/C11H19NO/c1-6(2)7-4-8-10-11(13-10)9(5-7)12(8)3/h6-11H,4-5H2,1-3H3/t7?,8-,9+,10-,11+. The maximum atomic E-state index is 5.68. The third-order valence-corrected chi connectivity index (χ3v) is 4.40. The fraction of sp³-hybridized carbons (Fsp3) is 1.00. The summed E-state index contributed by atoms with van der Waals surface area (Å²) in [5, 5.41) is 0. The number of piperidine rings is 1. The summed E-state index contributed by atoms with van der Waals surface area (Å²) in [6.07, 6.45) is 3.95. The van der Waals surface area contributed by atoms with Crippen LogP contribution in [0.2, 0.25) is 0 Å². The zero-order valence-corrected chi connectivity index (χ0v) is 8.73. The SMILES string of the molecule is CC(C)C1C[C@@H]2[C@H]3O[C@H]3[C@H](C1)N2C. The highest BCUT2D eigenvalue weighted by Gasteiger charge is 2.62. The lowest BCUT2D eigenvalue weighted by Crippen LogP contribution is -2.45. The molecule has 0 aromatic heterocycles. The quantitative estimate of drug-likeness (QED) is 0.570. The molecule has 1 unspecified atom stereocenters. The minimum atomic E-state index is 0.610. The van der Waals surface area contributed by atoms with Crippen LogP contribution in [-0.2, 0) is 4.74 Å². The van der Waals surface area contributed by atoms with Crippen LogP contribution >= 0.6 is 0 Å². The van der Waals surface area contributed by atoms with Gasteiger partial charge >= 0.3 is 0 Å². The topological polar surface area (TPSA) is 15.8 Å². The second kappa shape index (κ2) is 2.48. The number of ether oxygens (including phenoxy) is 1. The van der Waals surface area contributed by atoms with E-state index in [1.54, 1.807) is 0 Å². The van der Waals surface area contributed by atoms with Crippen molar-refractivity contribution in [2.24, 2.45) is 11.8 Å². The van der Waals surface area contributed by atoms with Gasteiger partial charge in [-0.15, -0.1) is 0 Å². The summed E-state index contributed by atoms with van der Waals surface area (Å²) in [6.45, 7) is 4.73. The van der Waals surface area contributed by atoms with Crippen molar-refractivity contribution in [1.29, 1.82) is 0 Å². The Kier molecular flexibility index (Phi) is 1.58. The second-order valence-corrected chi connectivity index (χ2v) is 5.34. The van der Waals surface area contributed by atoms with Crippen LogP contribution in [0.3, 0.4) is 0 Å². The van der Waals surface area contributed by atoms with Crippen LogP contribution in [0.4, 0.5) is 0 Å². The number of rotatable bonds is 1. The Labute approximate surface area is 80.2 Å². The average molecular weight is 181 g/mol. The van der Waals surface area contributed by atoms with Gasteiger partial charge in [-0.1, -0.05) is 13.8 Å². The Bertz CT molecular complexity index is 210. The molecular formula is C11H19NO. The molecule has 2 nitrogen and oxygen atoms in total. The normalized spacial score (nSPS) is 54.0. The molecule has 3 fully saturated rings. The molecular weight excluding hydrogens is 162 g/mol. The molecule has 0 spiro atoms. The van der Waals surface area contributed by atoms with Gasteiger partial charge in [-0.05, 0) is 31.7 Å². The molecule has 0 aromatic carbocycles. The zero-order valence-electron chi connectivity index (χ0n) is 8.73. The highest BCUT2D eigenvalue weighted by Crippen LogP contribution is 2.50. The van der Waals surface area contributed by atoms with Crippen molar-refractivity contribution < 1.29 is 4.74 Å². The highest BCUT2D eigenvalue weighted by atomic mass is 16.6. The fourth-order valence-corrected chi connectivity index (χ4v) is 3.33. The molecule has 0 saturated carbocycles. The summed E-state index contributed by atoms with van der Waals surface area (Å²) in [6, 6.07) is 1.49. The predicted molar refractivity (Wildman–Crippen MR) is 51.6 cm³/mol. The van der Waals surface area contributed by atoms with E-state index < -0.39 is 0 Å². The van der Waals surface area contributed by atoms with Gasteiger partial charge in [-0.25, -0.2) is 0 Å². The van der Waals surface area contributed by atoms with Crippen LogP contribution in [0.5, 0.6) is 0 Å². The average Bonchev–Trinajstić information content (AvgIpc) is 2.77. The van der Waals surface area contributed by atoms with Gasteiger partial charge in [0.05, 0.1) is 0 Å². The molecule has 2 bridgehead atoms. The van der Waals surface area contributed by atoms with Crippen molar-refractivity contribution in [3.05, 3.63) is 0 Å². The van der Waals surface area contributed by atoms with Crippen LogP contribution in [0.15, 0.2) is 0 Å². The predicted octanol–water partition coefficient (Wildman–Crippen LogP) is 1.50. The van der Waals surface area contributed by atoms with E-state index in [1.165, 1.54) is 12.8 Å². The molecule has 3 aliphatic heterocycles. The zero-order chi connectivity index (χ0) is 9.16. The lowest BCUT2D eigenvalue weighted by atomic mass is 9.82. The molecule has 3 rings (SSSR count). The van der Waals surface area contributed by atoms with Crippen LogP contribution < -0.4 is 0 Å². The summed E-state index contributed by atoms with van der Waals surface area (Å²) >= 11 is 0. The summed E-state index contributed by atoms with van der Waals surface area (Å²) < 4.78 is 5.68. The minimum Gasteiger partial charge on any atom is -0.366 e. The Morgan fingerprint density at radius 2 is 1.69 bits per heavy atom. The highest BCUT2D eigenvalue weighted by molar-refractivity contribution is 5.13. The van der Waals surface area contributed by atoms with Gasteiger partial charge in [0.15, 0.2) is 0 Å². The maximum Gasteiger partial charge on any atom is 0.101 e. The molecule has 3 saturated heterocycles. The van der Waals surface area contributed by atoms with Crippen LogP contribution in [0.25, 0.3) is 0 Å². The Morgan fingerprint density at radius 1 is 1.15 bits per heavy atom. The van der Waals surface area contributed by atoms with Crippen molar-refractivity contribution in [2.45, 2.75) is 51.0 Å². The fourth-order valence-electron chi connectivity index (χ4n) is 3.33. The van der Waals surface area contributed by atoms with Crippen LogP contribution in [0.1, 0.15) is 26.7 Å². The lowest BCUT2D eigenvalue weighted by molar-refractivity contribution is 0.0355. The van der Waals surface area contributed by atoms with Crippen molar-refractivity contribution in [3.8, 4) is 0 Å². The van der Waals surface area contributed by atoms with E-state index in [2.05, 4.69) is 25.8 Å². The first-order valence-corrected chi connectivity index (χ1v) is 5.56. The van der Waals surface area contributed by atoms with Gasteiger partial charge in [0.1, 0.15) is 12.2 Å². The molecule has 0 aliphatic carbocycles. The van der Waals surface area contributed by atoms with Gasteiger partial charge < -0.3 is 4.74 Å². The molecule has 0 aromatic rings. The maximum absolute atomic E-state index is 5.68. The minimum absolute atomic E-state index is 0.610. The van der Waals surface area contributed by atoms with E-state index in [1.807, 2.05) is 0 Å². The van der Waals surface area contributed by atoms with Crippen LogP contribution in [0, 0.1) is 11.8 Å². The summed E-state index contributed by atoms with van der Waals surface area (Å²) in [7, 11) is 2.28. The number of epoxide rings is 1. The van der Waals surface area contributed by atoms with Gasteiger partial charge in [-0.3, -0.25) is 4.90 Å². The Balaban J connectivity index is 1.79. The molecule has 5 atom stereocenters. The first-order valence-electron chi connectivity index (χ1n) is 5.56. The smallest absolute Gasteiger partial charge is 0.101 e. The molecule has 0 radical (unpaired) electrons. The lowest BCUT2D eigenvalue weighted by Gasteiger charge is -2.39. The van der Waals surface area contributed by atoms with Crippen molar-refractivity contribution >= 4 is 0 Å². The van der Waals surface area contributed by atoms with Gasteiger partial charge in [-0.2, -0.15) is 0 Å². The first-order chi connectivity index (χ1) is 6.18. The molecule has 74 valence electrons. The van der Waals surface area contributed by atoms with E-state index in [0.717, 1.165) is 23.9 Å². The van der Waals surface area contributed by atoms with Crippen molar-refractivity contribution in [2.75, 3.05) is 7.05 Å². The largest absolute Gasteiger partial charge is 0.366 e. The van der Waals surface area contributed by atoms with E-state index >= 15 is 0 Å². The molecule has 13 heavy (non-hydrogen) atoms. The molecule has 2 heteroatoms. The molecule has 3 heterocycles. The molecule has 3 aliphatic rings. The van der Waals surface area contributed by atoms with Gasteiger partial charge in [0, 0.05) is 12.1 Å². The summed E-state index contributed by atoms with van der Waals surface area (Å²) in [5.74, 6) is 1.80. The Hall–Kier alpha value is -0.0800. The molecule has 0 N–H and O–H groups in total. The van der Waals surface area contributed by atoms with E-state index in [4.69, 9.17) is 4.74 Å². The number of fused-ring (bicyclic) bond motifs is 5. The Morgan fingerprint density at radius 3 is 2.15 bits per heavy atom. The number of likely N-dealkylation sites (N-methyl/N-ethyl adjacent to an activating group) is 1. The van der Waals surface area contributed by atoms with E-state index in [0.29, 0.717) is 12.2 Å². The number of hydrogen-bond acceptors (Lipinski definition) is 2. The third kappa shape index (κ3) is 1.02. The second-order valence-electron chi connectivity index (χ2n) is 5.34. The number of morpholine rings is 1. The van der Waals surface area contributed by atoms with Crippen molar-refractivity contribution in [1.82, 2.24) is 4.90 Å². The van der Waals surface area contributed by atoms with E-state index in [-0.39, 0.29) is 0 Å². The summed E-state index contributed by atoms with van der Waals surface area (Å²) in [5.41, 5.74) is 0. The number of nitrogens with zero attached hydrogens (tertiary/aromatic N) is 1. The van der Waals surface area contributed by atoms with Crippen molar-refractivity contribution in [3.63, 3.8) is 0 Å².